The molecule has 4 heteroatoms. The average molecular weight is 284 g/mol. The van der Waals surface area contributed by atoms with Crippen molar-refractivity contribution in [3.63, 3.8) is 0 Å². The Bertz CT molecular complexity index is 619. The summed E-state index contributed by atoms with van der Waals surface area (Å²) in [5.74, 6) is -0.307. The van der Waals surface area contributed by atoms with Crippen molar-refractivity contribution in [2.45, 2.75) is 0 Å². The van der Waals surface area contributed by atoms with Crippen LogP contribution in [-0.4, -0.2) is 32.5 Å². The van der Waals surface area contributed by atoms with Gasteiger partial charge in [-0.1, -0.05) is 24.3 Å². The Labute approximate surface area is 123 Å². The number of hydrogen-bond acceptors (Lipinski definition) is 3. The monoisotopic (exact) mass is 284 g/mol. The Morgan fingerprint density at radius 3 is 2.43 bits per heavy atom. The summed E-state index contributed by atoms with van der Waals surface area (Å²) in [4.78, 5) is 6.48. The summed E-state index contributed by atoms with van der Waals surface area (Å²) in [5, 5.41) is 0. The summed E-state index contributed by atoms with van der Waals surface area (Å²) in [7, 11) is 0. The molecule has 1 aliphatic heterocycles. The third-order valence-corrected chi connectivity index (χ3v) is 3.47. The van der Waals surface area contributed by atoms with Crippen molar-refractivity contribution in [3.8, 4) is 0 Å². The van der Waals surface area contributed by atoms with Gasteiger partial charge < -0.3 is 9.64 Å². The van der Waals surface area contributed by atoms with Gasteiger partial charge in [0.2, 0.25) is 0 Å². The third kappa shape index (κ3) is 3.47. The summed E-state index contributed by atoms with van der Waals surface area (Å²) in [6, 6.07) is 14.6. The maximum absolute atomic E-state index is 13.5. The van der Waals surface area contributed by atoms with E-state index < -0.39 is 0 Å². The molecular weight excluding hydrogens is 267 g/mol. The van der Waals surface area contributed by atoms with Crippen molar-refractivity contribution >= 4 is 17.6 Å². The van der Waals surface area contributed by atoms with E-state index in [9.17, 15) is 4.39 Å². The first-order valence-corrected chi connectivity index (χ1v) is 7.04. The van der Waals surface area contributed by atoms with E-state index in [0.717, 1.165) is 31.9 Å². The molecule has 0 N–H and O–H groups in total. The van der Waals surface area contributed by atoms with E-state index in [1.165, 1.54) is 11.8 Å². The van der Waals surface area contributed by atoms with Gasteiger partial charge in [-0.05, 0) is 29.8 Å². The molecule has 1 fully saturated rings. The van der Waals surface area contributed by atoms with Crippen molar-refractivity contribution in [2.24, 2.45) is 4.99 Å². The Balaban J connectivity index is 1.71. The summed E-state index contributed by atoms with van der Waals surface area (Å²) in [6.45, 7) is 3.39. The Morgan fingerprint density at radius 1 is 1.00 bits per heavy atom. The van der Waals surface area contributed by atoms with Crippen LogP contribution in [0.4, 0.5) is 15.8 Å². The fraction of sp³-hybridized carbons (Fsp3) is 0.235. The van der Waals surface area contributed by atoms with Crippen LogP contribution in [0.5, 0.6) is 0 Å². The van der Waals surface area contributed by atoms with Gasteiger partial charge in [0.15, 0.2) is 0 Å². The Morgan fingerprint density at radius 2 is 1.71 bits per heavy atom. The van der Waals surface area contributed by atoms with Gasteiger partial charge in [-0.25, -0.2) is 4.39 Å². The largest absolute Gasteiger partial charge is 0.378 e. The summed E-state index contributed by atoms with van der Waals surface area (Å²) >= 11 is 0. The number of halogens is 1. The van der Waals surface area contributed by atoms with Crippen LogP contribution in [0.1, 0.15) is 5.56 Å². The van der Waals surface area contributed by atoms with Gasteiger partial charge in [-0.15, -0.1) is 0 Å². The lowest BCUT2D eigenvalue weighted by Crippen LogP contribution is -2.36. The van der Waals surface area contributed by atoms with Crippen LogP contribution in [0.2, 0.25) is 0 Å². The minimum Gasteiger partial charge on any atom is -0.378 e. The number of aliphatic imine (C=N–C) groups is 1. The van der Waals surface area contributed by atoms with Gasteiger partial charge >= 0.3 is 0 Å². The molecule has 0 atom stereocenters. The second-order valence-electron chi connectivity index (χ2n) is 4.90. The number of ether oxygens (including phenoxy) is 1. The van der Waals surface area contributed by atoms with Gasteiger partial charge in [0.05, 0.1) is 18.9 Å². The van der Waals surface area contributed by atoms with Crippen LogP contribution in [0.15, 0.2) is 53.5 Å². The lowest BCUT2D eigenvalue weighted by atomic mass is 10.2. The zero-order valence-corrected chi connectivity index (χ0v) is 11.7. The summed E-state index contributed by atoms with van der Waals surface area (Å²) in [5.41, 5.74) is 2.49. The van der Waals surface area contributed by atoms with Crippen LogP contribution in [0.3, 0.4) is 0 Å². The van der Waals surface area contributed by atoms with Crippen LogP contribution in [0, 0.1) is 5.82 Å². The lowest BCUT2D eigenvalue weighted by molar-refractivity contribution is 0.122. The number of hydrogen-bond donors (Lipinski definition) is 0. The molecule has 2 aromatic carbocycles. The van der Waals surface area contributed by atoms with E-state index in [0.29, 0.717) is 5.69 Å². The SMILES string of the molecule is Fc1ccccc1N=Cc1ccc(N2CCOCC2)cc1. The zero-order chi connectivity index (χ0) is 14.5. The Kier molecular flexibility index (Phi) is 4.26. The standard InChI is InChI=1S/C17H17FN2O/c18-16-3-1-2-4-17(16)19-13-14-5-7-15(8-6-14)20-9-11-21-12-10-20/h1-8,13H,9-12H2. The predicted octanol–water partition coefficient (Wildman–Crippen LogP) is 3.41. The smallest absolute Gasteiger partial charge is 0.148 e. The molecule has 0 aliphatic carbocycles. The maximum Gasteiger partial charge on any atom is 0.148 e. The molecule has 0 bridgehead atoms. The first-order chi connectivity index (χ1) is 10.3. The molecule has 0 spiro atoms. The van der Waals surface area contributed by atoms with Crippen molar-refractivity contribution in [3.05, 3.63) is 59.9 Å². The van der Waals surface area contributed by atoms with Gasteiger partial charge in [-0.3, -0.25) is 4.99 Å². The number of morpholine rings is 1. The van der Waals surface area contributed by atoms with Gasteiger partial charge in [0.1, 0.15) is 5.82 Å². The van der Waals surface area contributed by atoms with E-state index in [2.05, 4.69) is 22.0 Å². The number of nitrogens with zero attached hydrogens (tertiary/aromatic N) is 2. The van der Waals surface area contributed by atoms with Crippen molar-refractivity contribution in [1.29, 1.82) is 0 Å². The van der Waals surface area contributed by atoms with E-state index in [1.807, 2.05) is 12.1 Å². The highest BCUT2D eigenvalue weighted by Gasteiger charge is 2.10. The first kappa shape index (κ1) is 13.8. The molecule has 2 aromatic rings. The van der Waals surface area contributed by atoms with Crippen molar-refractivity contribution in [2.75, 3.05) is 31.2 Å². The second-order valence-corrected chi connectivity index (χ2v) is 4.90. The zero-order valence-electron chi connectivity index (χ0n) is 11.7. The molecule has 1 saturated heterocycles. The molecule has 3 nitrogen and oxygen atoms in total. The molecule has 108 valence electrons. The van der Waals surface area contributed by atoms with E-state index in [1.54, 1.807) is 24.4 Å². The van der Waals surface area contributed by atoms with Gasteiger partial charge in [-0.2, -0.15) is 0 Å². The molecule has 21 heavy (non-hydrogen) atoms. The molecular formula is C17H17FN2O. The summed E-state index contributed by atoms with van der Waals surface area (Å²) < 4.78 is 18.8. The third-order valence-electron chi connectivity index (χ3n) is 3.47. The normalized spacial score (nSPS) is 15.6. The summed E-state index contributed by atoms with van der Waals surface area (Å²) in [6.07, 6.45) is 1.68. The number of anilines is 1. The van der Waals surface area contributed by atoms with Crippen LogP contribution in [0.25, 0.3) is 0 Å². The topological polar surface area (TPSA) is 24.8 Å². The molecule has 0 amide bonds. The second kappa shape index (κ2) is 6.50. The van der Waals surface area contributed by atoms with Crippen LogP contribution < -0.4 is 4.90 Å². The number of para-hydroxylation sites is 1. The fourth-order valence-electron chi connectivity index (χ4n) is 2.29. The average Bonchev–Trinajstić information content (AvgIpc) is 2.55. The van der Waals surface area contributed by atoms with Gasteiger partial charge in [0.25, 0.3) is 0 Å². The predicted molar refractivity (Wildman–Crippen MR) is 83.1 cm³/mol. The van der Waals surface area contributed by atoms with E-state index in [-0.39, 0.29) is 5.82 Å². The van der Waals surface area contributed by atoms with Crippen LogP contribution >= 0.6 is 0 Å². The van der Waals surface area contributed by atoms with Gasteiger partial charge in [0, 0.05) is 25.0 Å². The Hall–Kier alpha value is -2.20. The molecule has 0 radical (unpaired) electrons. The maximum atomic E-state index is 13.5. The van der Waals surface area contributed by atoms with Crippen molar-refractivity contribution in [1.82, 2.24) is 0 Å². The first-order valence-electron chi connectivity index (χ1n) is 7.04. The molecule has 0 aromatic heterocycles. The number of benzene rings is 2. The fourth-order valence-corrected chi connectivity index (χ4v) is 2.29. The molecule has 0 unspecified atom stereocenters. The molecule has 1 heterocycles. The van der Waals surface area contributed by atoms with E-state index >= 15 is 0 Å². The van der Waals surface area contributed by atoms with Crippen molar-refractivity contribution < 1.29 is 9.13 Å². The highest BCUT2D eigenvalue weighted by molar-refractivity contribution is 5.82. The highest BCUT2D eigenvalue weighted by atomic mass is 19.1. The number of rotatable bonds is 3. The molecule has 1 aliphatic rings. The lowest BCUT2D eigenvalue weighted by Gasteiger charge is -2.28. The minimum atomic E-state index is -0.307. The van der Waals surface area contributed by atoms with E-state index in [4.69, 9.17) is 4.74 Å². The molecule has 0 saturated carbocycles. The quantitative estimate of drug-likeness (QED) is 0.807. The minimum absolute atomic E-state index is 0.307. The van der Waals surface area contributed by atoms with Crippen LogP contribution in [-0.2, 0) is 4.74 Å². The molecule has 3 rings (SSSR count). The highest BCUT2D eigenvalue weighted by Crippen LogP contribution is 2.18.